The summed E-state index contributed by atoms with van der Waals surface area (Å²) in [6.45, 7) is 0. The molecule has 0 saturated carbocycles. The van der Waals surface area contributed by atoms with Crippen LogP contribution < -0.4 is 18.9 Å². The van der Waals surface area contributed by atoms with Gasteiger partial charge in [0.2, 0.25) is 6.29 Å². The van der Waals surface area contributed by atoms with Gasteiger partial charge >= 0.3 is 5.97 Å². The van der Waals surface area contributed by atoms with E-state index in [1.165, 1.54) is 6.08 Å². The monoisotopic (exact) mass is 406 g/mol. The van der Waals surface area contributed by atoms with E-state index in [9.17, 15) is 9.90 Å². The van der Waals surface area contributed by atoms with Gasteiger partial charge in [0.1, 0.15) is 23.0 Å². The highest BCUT2D eigenvalue weighted by atomic mass is 16.6. The van der Waals surface area contributed by atoms with Crippen molar-refractivity contribution in [1.82, 2.24) is 0 Å². The summed E-state index contributed by atoms with van der Waals surface area (Å²) in [6.07, 6.45) is 2.13. The van der Waals surface area contributed by atoms with E-state index >= 15 is 0 Å². The van der Waals surface area contributed by atoms with Crippen molar-refractivity contribution in [3.05, 3.63) is 90.0 Å². The van der Waals surface area contributed by atoms with Crippen molar-refractivity contribution in [2.75, 3.05) is 14.2 Å². The fourth-order valence-electron chi connectivity index (χ4n) is 2.57. The quantitative estimate of drug-likeness (QED) is 0.341. The summed E-state index contributed by atoms with van der Waals surface area (Å²) in [6, 6.07) is 20.4. The zero-order valence-electron chi connectivity index (χ0n) is 16.6. The molecule has 0 saturated heterocycles. The summed E-state index contributed by atoms with van der Waals surface area (Å²) >= 11 is 0. The van der Waals surface area contributed by atoms with Crippen molar-refractivity contribution >= 4 is 12.0 Å². The minimum Gasteiger partial charge on any atom is -0.497 e. The van der Waals surface area contributed by atoms with Crippen LogP contribution in [0.3, 0.4) is 0 Å². The summed E-state index contributed by atoms with van der Waals surface area (Å²) in [4.78, 5) is 12.2. The van der Waals surface area contributed by atoms with Crippen LogP contribution >= 0.6 is 0 Å². The summed E-state index contributed by atoms with van der Waals surface area (Å²) in [5.41, 5.74) is 1.26. The summed E-state index contributed by atoms with van der Waals surface area (Å²) < 4.78 is 20.9. The van der Waals surface area contributed by atoms with Crippen LogP contribution in [-0.4, -0.2) is 31.6 Å². The molecule has 6 nitrogen and oxygen atoms in total. The number of methoxy groups -OCH3 is 2. The SMILES string of the molecule is COc1ccc(/C=C/C(O)Oc2ccc(C(=O)Oc3ccc(OC)cc3)cc2)cc1. The Hall–Kier alpha value is -3.77. The highest BCUT2D eigenvalue weighted by Gasteiger charge is 2.10. The van der Waals surface area contributed by atoms with E-state index in [4.69, 9.17) is 18.9 Å². The lowest BCUT2D eigenvalue weighted by molar-refractivity contribution is 0.0254. The van der Waals surface area contributed by atoms with Crippen molar-refractivity contribution < 1.29 is 28.8 Å². The molecule has 3 aromatic carbocycles. The molecule has 0 bridgehead atoms. The second-order valence-electron chi connectivity index (χ2n) is 6.23. The molecule has 0 aliphatic carbocycles. The first-order chi connectivity index (χ1) is 14.6. The number of hydrogen-bond acceptors (Lipinski definition) is 6. The summed E-state index contributed by atoms with van der Waals surface area (Å²) in [7, 11) is 3.17. The van der Waals surface area contributed by atoms with E-state index in [2.05, 4.69) is 0 Å². The number of carbonyl (C=O) groups excluding carboxylic acids is 1. The van der Waals surface area contributed by atoms with Crippen LogP contribution in [0.2, 0.25) is 0 Å². The molecule has 154 valence electrons. The lowest BCUT2D eigenvalue weighted by Crippen LogP contribution is -2.12. The Morgan fingerprint density at radius 3 is 1.83 bits per heavy atom. The summed E-state index contributed by atoms with van der Waals surface area (Å²) in [5, 5.41) is 10.0. The van der Waals surface area contributed by atoms with Gasteiger partial charge in [-0.3, -0.25) is 0 Å². The van der Waals surface area contributed by atoms with Gasteiger partial charge in [-0.15, -0.1) is 0 Å². The molecule has 0 spiro atoms. The Bertz CT molecular complexity index is 976. The Kier molecular flexibility index (Phi) is 7.08. The third kappa shape index (κ3) is 5.86. The number of hydrogen-bond donors (Lipinski definition) is 1. The number of ether oxygens (including phenoxy) is 4. The number of benzene rings is 3. The predicted molar refractivity (Wildman–Crippen MR) is 113 cm³/mol. The molecule has 0 heterocycles. The van der Waals surface area contributed by atoms with E-state index in [1.54, 1.807) is 68.8 Å². The Morgan fingerprint density at radius 2 is 1.27 bits per heavy atom. The number of aliphatic hydroxyl groups is 1. The van der Waals surface area contributed by atoms with Crippen LogP contribution in [0, 0.1) is 0 Å². The van der Waals surface area contributed by atoms with Crippen molar-refractivity contribution in [1.29, 1.82) is 0 Å². The van der Waals surface area contributed by atoms with E-state index < -0.39 is 12.3 Å². The maximum atomic E-state index is 12.2. The van der Waals surface area contributed by atoms with Gasteiger partial charge in [-0.05, 0) is 72.3 Å². The number of esters is 1. The molecule has 1 unspecified atom stereocenters. The van der Waals surface area contributed by atoms with E-state index in [-0.39, 0.29) is 0 Å². The molecular formula is C24H22O6. The third-order valence-corrected chi connectivity index (χ3v) is 4.19. The molecule has 6 heteroatoms. The first-order valence-electron chi connectivity index (χ1n) is 9.20. The standard InChI is InChI=1S/C24H22O6/c1-27-19-8-3-17(4-9-19)5-16-23(25)29-21-10-6-18(7-11-21)24(26)30-22-14-12-20(28-2)13-15-22/h3-16,23,25H,1-2H3/b16-5+. The molecule has 0 radical (unpaired) electrons. The van der Waals surface area contributed by atoms with Gasteiger partial charge in [0.25, 0.3) is 0 Å². The smallest absolute Gasteiger partial charge is 0.343 e. The number of rotatable bonds is 8. The van der Waals surface area contributed by atoms with Crippen molar-refractivity contribution in [2.24, 2.45) is 0 Å². The van der Waals surface area contributed by atoms with Gasteiger partial charge < -0.3 is 24.1 Å². The van der Waals surface area contributed by atoms with Crippen LogP contribution in [0.15, 0.2) is 78.9 Å². The first-order valence-corrected chi connectivity index (χ1v) is 9.20. The van der Waals surface area contributed by atoms with Gasteiger partial charge in [-0.1, -0.05) is 18.2 Å². The largest absolute Gasteiger partial charge is 0.497 e. The molecular weight excluding hydrogens is 384 g/mol. The minimum absolute atomic E-state index is 0.362. The average molecular weight is 406 g/mol. The average Bonchev–Trinajstić information content (AvgIpc) is 2.79. The first kappa shape index (κ1) is 21.0. The van der Waals surface area contributed by atoms with E-state index in [0.29, 0.717) is 22.8 Å². The number of aliphatic hydroxyl groups excluding tert-OH is 1. The topological polar surface area (TPSA) is 74.2 Å². The van der Waals surface area contributed by atoms with Gasteiger partial charge in [0, 0.05) is 0 Å². The second kappa shape index (κ2) is 10.1. The zero-order valence-corrected chi connectivity index (χ0v) is 16.6. The van der Waals surface area contributed by atoms with Gasteiger partial charge in [0.15, 0.2) is 0 Å². The van der Waals surface area contributed by atoms with Crippen molar-refractivity contribution in [3.8, 4) is 23.0 Å². The molecule has 0 aliphatic rings. The maximum absolute atomic E-state index is 12.2. The molecule has 0 aromatic heterocycles. The fraction of sp³-hybridized carbons (Fsp3) is 0.125. The lowest BCUT2D eigenvalue weighted by Gasteiger charge is -2.10. The molecule has 3 aromatic rings. The summed E-state index contributed by atoms with van der Waals surface area (Å²) in [5.74, 6) is 1.78. The molecule has 1 N–H and O–H groups in total. The van der Waals surface area contributed by atoms with Gasteiger partial charge in [-0.2, -0.15) is 0 Å². The molecule has 0 aliphatic heterocycles. The van der Waals surface area contributed by atoms with Crippen LogP contribution in [-0.2, 0) is 0 Å². The van der Waals surface area contributed by atoms with Gasteiger partial charge in [0.05, 0.1) is 19.8 Å². The minimum atomic E-state index is -1.13. The molecule has 0 fully saturated rings. The molecule has 0 amide bonds. The van der Waals surface area contributed by atoms with Crippen LogP contribution in [0.5, 0.6) is 23.0 Å². The van der Waals surface area contributed by atoms with E-state index in [1.807, 2.05) is 24.3 Å². The Labute approximate surface area is 174 Å². The Balaban J connectivity index is 1.54. The second-order valence-corrected chi connectivity index (χ2v) is 6.23. The molecule has 1 atom stereocenters. The van der Waals surface area contributed by atoms with Crippen LogP contribution in [0.4, 0.5) is 0 Å². The van der Waals surface area contributed by atoms with Gasteiger partial charge in [-0.25, -0.2) is 4.79 Å². The highest BCUT2D eigenvalue weighted by Crippen LogP contribution is 2.20. The normalized spacial score (nSPS) is 11.7. The van der Waals surface area contributed by atoms with Crippen molar-refractivity contribution in [2.45, 2.75) is 6.29 Å². The van der Waals surface area contributed by atoms with Crippen LogP contribution in [0.1, 0.15) is 15.9 Å². The molecule has 30 heavy (non-hydrogen) atoms. The lowest BCUT2D eigenvalue weighted by atomic mass is 10.2. The highest BCUT2D eigenvalue weighted by molar-refractivity contribution is 5.91. The predicted octanol–water partition coefficient (Wildman–Crippen LogP) is 4.33. The molecule has 3 rings (SSSR count). The number of carbonyl (C=O) groups is 1. The van der Waals surface area contributed by atoms with Crippen molar-refractivity contribution in [3.63, 3.8) is 0 Å². The third-order valence-electron chi connectivity index (χ3n) is 4.19. The fourth-order valence-corrected chi connectivity index (χ4v) is 2.57. The maximum Gasteiger partial charge on any atom is 0.343 e. The van der Waals surface area contributed by atoms with Crippen LogP contribution in [0.25, 0.3) is 6.08 Å². The Morgan fingerprint density at radius 1 is 0.767 bits per heavy atom. The van der Waals surface area contributed by atoms with E-state index in [0.717, 1.165) is 11.3 Å². The zero-order chi connectivity index (χ0) is 21.3.